The molecule has 2 aromatic carbocycles. The van der Waals surface area contributed by atoms with Gasteiger partial charge in [0.15, 0.2) is 11.5 Å². The zero-order valence-electron chi connectivity index (χ0n) is 17.2. The predicted octanol–water partition coefficient (Wildman–Crippen LogP) is 3.11. The van der Waals surface area contributed by atoms with Gasteiger partial charge in [-0.05, 0) is 60.7 Å². The second-order valence-corrected chi connectivity index (χ2v) is 9.92. The van der Waals surface area contributed by atoms with E-state index in [-0.39, 0.29) is 17.6 Å². The van der Waals surface area contributed by atoms with Crippen LogP contribution >= 0.6 is 0 Å². The largest absolute Gasteiger partial charge is 0.454 e. The van der Waals surface area contributed by atoms with Gasteiger partial charge in [0.25, 0.3) is 5.91 Å². The van der Waals surface area contributed by atoms with E-state index in [4.69, 9.17) is 9.47 Å². The summed E-state index contributed by atoms with van der Waals surface area (Å²) in [5.41, 5.74) is 1.37. The molecule has 0 bridgehead atoms. The first-order valence-electron chi connectivity index (χ1n) is 10.1. The number of carbonyl (C=O) groups is 1. The van der Waals surface area contributed by atoms with Gasteiger partial charge < -0.3 is 14.4 Å². The Morgan fingerprint density at radius 3 is 2.60 bits per heavy atom. The van der Waals surface area contributed by atoms with Gasteiger partial charge in [0, 0.05) is 32.2 Å². The maximum absolute atomic E-state index is 12.9. The minimum Gasteiger partial charge on any atom is -0.454 e. The Morgan fingerprint density at radius 2 is 1.87 bits per heavy atom. The molecule has 0 unspecified atom stereocenters. The highest BCUT2D eigenvalue weighted by Gasteiger charge is 2.28. The lowest BCUT2D eigenvalue weighted by atomic mass is 10.0. The normalized spacial score (nSPS) is 18.9. The van der Waals surface area contributed by atoms with Crippen LogP contribution in [-0.2, 0) is 16.6 Å². The van der Waals surface area contributed by atoms with Gasteiger partial charge in [-0.2, -0.15) is 4.31 Å². The Kier molecular flexibility index (Phi) is 5.71. The SMILES string of the molecule is C[C@H]1CCCN(S(=O)(=O)c2ccc(C(=O)N(C)Cc3ccc4c(c3)OCO4)cc2)C1. The average Bonchev–Trinajstić information content (AvgIpc) is 3.21. The van der Waals surface area contributed by atoms with Crippen molar-refractivity contribution in [2.45, 2.75) is 31.2 Å². The number of fused-ring (bicyclic) bond motifs is 1. The van der Waals surface area contributed by atoms with Gasteiger partial charge in [-0.25, -0.2) is 8.42 Å². The first-order valence-corrected chi connectivity index (χ1v) is 11.5. The number of hydrogen-bond donors (Lipinski definition) is 0. The van der Waals surface area contributed by atoms with Crippen molar-refractivity contribution in [3.05, 3.63) is 53.6 Å². The summed E-state index contributed by atoms with van der Waals surface area (Å²) in [5.74, 6) is 1.56. The number of amides is 1. The Labute approximate surface area is 177 Å². The lowest BCUT2D eigenvalue weighted by molar-refractivity contribution is 0.0785. The molecule has 2 aliphatic rings. The summed E-state index contributed by atoms with van der Waals surface area (Å²) in [4.78, 5) is 14.6. The van der Waals surface area contributed by atoms with Gasteiger partial charge in [-0.1, -0.05) is 13.0 Å². The Hall–Kier alpha value is -2.58. The number of ether oxygens (including phenoxy) is 2. The van der Waals surface area contributed by atoms with E-state index in [0.717, 1.165) is 18.4 Å². The first kappa shape index (κ1) is 20.7. The zero-order valence-corrected chi connectivity index (χ0v) is 18.0. The van der Waals surface area contributed by atoms with Crippen LogP contribution in [0.15, 0.2) is 47.4 Å². The van der Waals surface area contributed by atoms with Crippen molar-refractivity contribution < 1.29 is 22.7 Å². The van der Waals surface area contributed by atoms with Gasteiger partial charge in [0.2, 0.25) is 16.8 Å². The Bertz CT molecular complexity index is 1040. The van der Waals surface area contributed by atoms with E-state index in [1.807, 2.05) is 18.2 Å². The maximum atomic E-state index is 12.9. The molecule has 0 aliphatic carbocycles. The molecule has 0 saturated carbocycles. The van der Waals surface area contributed by atoms with Crippen molar-refractivity contribution in [2.24, 2.45) is 5.92 Å². The summed E-state index contributed by atoms with van der Waals surface area (Å²) >= 11 is 0. The fourth-order valence-corrected chi connectivity index (χ4v) is 5.49. The van der Waals surface area contributed by atoms with E-state index in [2.05, 4.69) is 6.92 Å². The van der Waals surface area contributed by atoms with Crippen LogP contribution in [0, 0.1) is 5.92 Å². The highest BCUT2D eigenvalue weighted by molar-refractivity contribution is 7.89. The summed E-state index contributed by atoms with van der Waals surface area (Å²) in [7, 11) is -1.81. The molecule has 1 atom stereocenters. The van der Waals surface area contributed by atoms with Gasteiger partial charge in [0.1, 0.15) is 0 Å². The number of hydrogen-bond acceptors (Lipinski definition) is 5. The van der Waals surface area contributed by atoms with E-state index in [0.29, 0.717) is 42.6 Å². The fraction of sp³-hybridized carbons (Fsp3) is 0.409. The van der Waals surface area contributed by atoms with Gasteiger partial charge in [-0.15, -0.1) is 0 Å². The van der Waals surface area contributed by atoms with Crippen LogP contribution in [0.3, 0.4) is 0 Å². The maximum Gasteiger partial charge on any atom is 0.253 e. The second-order valence-electron chi connectivity index (χ2n) is 7.98. The van der Waals surface area contributed by atoms with Gasteiger partial charge >= 0.3 is 0 Å². The van der Waals surface area contributed by atoms with Crippen LogP contribution < -0.4 is 9.47 Å². The van der Waals surface area contributed by atoms with Crippen molar-refractivity contribution in [3.8, 4) is 11.5 Å². The Morgan fingerprint density at radius 1 is 1.13 bits per heavy atom. The molecule has 4 rings (SSSR count). The molecule has 1 fully saturated rings. The van der Waals surface area contributed by atoms with Crippen LogP contribution in [0.2, 0.25) is 0 Å². The van der Waals surface area contributed by atoms with Crippen LogP contribution in [0.4, 0.5) is 0 Å². The standard InChI is InChI=1S/C22H26N2O5S/c1-16-4-3-11-24(13-16)30(26,27)19-8-6-18(7-9-19)22(25)23(2)14-17-5-10-20-21(12-17)29-15-28-20/h5-10,12,16H,3-4,11,13-15H2,1-2H3/t16-/m0/s1. The molecule has 8 heteroatoms. The molecule has 7 nitrogen and oxygen atoms in total. The molecule has 0 spiro atoms. The third-order valence-electron chi connectivity index (χ3n) is 5.56. The number of rotatable bonds is 5. The third-order valence-corrected chi connectivity index (χ3v) is 7.44. The van der Waals surface area contributed by atoms with Gasteiger partial charge in [0.05, 0.1) is 4.90 Å². The summed E-state index contributed by atoms with van der Waals surface area (Å²) < 4.78 is 38.0. The lowest BCUT2D eigenvalue weighted by Crippen LogP contribution is -2.39. The van der Waals surface area contributed by atoms with Crippen molar-refractivity contribution in [2.75, 3.05) is 26.9 Å². The zero-order chi connectivity index (χ0) is 21.3. The molecule has 30 heavy (non-hydrogen) atoms. The highest BCUT2D eigenvalue weighted by atomic mass is 32.2. The Balaban J connectivity index is 1.44. The molecular weight excluding hydrogens is 404 g/mol. The van der Waals surface area contributed by atoms with Crippen molar-refractivity contribution in [1.29, 1.82) is 0 Å². The van der Waals surface area contributed by atoms with Crippen LogP contribution in [0.1, 0.15) is 35.7 Å². The van der Waals surface area contributed by atoms with E-state index >= 15 is 0 Å². The molecule has 2 heterocycles. The third kappa shape index (κ3) is 4.15. The first-order chi connectivity index (χ1) is 14.3. The van der Waals surface area contributed by atoms with Crippen molar-refractivity contribution >= 4 is 15.9 Å². The van der Waals surface area contributed by atoms with Crippen LogP contribution in [-0.4, -0.2) is 50.5 Å². The number of sulfonamides is 1. The van der Waals surface area contributed by atoms with E-state index < -0.39 is 10.0 Å². The second kappa shape index (κ2) is 8.28. The minimum absolute atomic E-state index is 0.178. The summed E-state index contributed by atoms with van der Waals surface area (Å²) in [6.07, 6.45) is 1.93. The summed E-state index contributed by atoms with van der Waals surface area (Å²) in [6.45, 7) is 3.77. The highest BCUT2D eigenvalue weighted by Crippen LogP contribution is 2.33. The molecular formula is C22H26N2O5S. The van der Waals surface area contributed by atoms with Crippen molar-refractivity contribution in [1.82, 2.24) is 9.21 Å². The molecule has 0 aromatic heterocycles. The average molecular weight is 431 g/mol. The van der Waals surface area contributed by atoms with E-state index in [1.165, 1.54) is 12.1 Å². The number of nitrogens with zero attached hydrogens (tertiary/aromatic N) is 2. The van der Waals surface area contributed by atoms with Crippen LogP contribution in [0.25, 0.3) is 0 Å². The molecule has 1 saturated heterocycles. The minimum atomic E-state index is -3.53. The van der Waals surface area contributed by atoms with E-state index in [1.54, 1.807) is 28.4 Å². The molecule has 0 radical (unpaired) electrons. The molecule has 160 valence electrons. The quantitative estimate of drug-likeness (QED) is 0.729. The predicted molar refractivity (Wildman–Crippen MR) is 112 cm³/mol. The molecule has 1 amide bonds. The topological polar surface area (TPSA) is 76.2 Å². The fourth-order valence-electron chi connectivity index (χ4n) is 3.89. The number of benzene rings is 2. The van der Waals surface area contributed by atoms with Crippen LogP contribution in [0.5, 0.6) is 11.5 Å². The summed E-state index contributed by atoms with van der Waals surface area (Å²) in [6, 6.07) is 11.8. The summed E-state index contributed by atoms with van der Waals surface area (Å²) in [5, 5.41) is 0. The monoisotopic (exact) mass is 430 g/mol. The lowest BCUT2D eigenvalue weighted by Gasteiger charge is -2.30. The number of carbonyl (C=O) groups excluding carboxylic acids is 1. The van der Waals surface area contributed by atoms with E-state index in [9.17, 15) is 13.2 Å². The smallest absolute Gasteiger partial charge is 0.253 e. The molecule has 2 aromatic rings. The van der Waals surface area contributed by atoms with Crippen molar-refractivity contribution in [3.63, 3.8) is 0 Å². The molecule has 0 N–H and O–H groups in total. The molecule has 2 aliphatic heterocycles. The number of piperidine rings is 1. The van der Waals surface area contributed by atoms with Gasteiger partial charge in [-0.3, -0.25) is 4.79 Å².